The van der Waals surface area contributed by atoms with Crippen LogP contribution in [0.3, 0.4) is 0 Å². The number of rotatable bonds is 0. The van der Waals surface area contributed by atoms with Gasteiger partial charge in [-0.3, -0.25) is 14.5 Å². The van der Waals surface area contributed by atoms with Crippen molar-refractivity contribution in [3.05, 3.63) is 20.9 Å². The lowest BCUT2D eigenvalue weighted by molar-refractivity contribution is 0.0693. The van der Waals surface area contributed by atoms with Crippen molar-refractivity contribution in [1.82, 2.24) is 4.90 Å². The first-order valence-electron chi connectivity index (χ1n) is 4.46. The Bertz CT molecular complexity index is 531. The molecule has 1 aromatic rings. The molecule has 0 aromatic carbocycles. The first-order chi connectivity index (χ1) is 7.07. The van der Waals surface area contributed by atoms with Crippen molar-refractivity contribution in [1.29, 1.82) is 0 Å². The lowest BCUT2D eigenvalue weighted by atomic mass is 10.1. The van der Waals surface area contributed by atoms with Crippen molar-refractivity contribution >= 4 is 23.2 Å². The SMILES string of the molecule is CC#Cc1sc(C)c2c1C(=O)N(C)C2=O. The van der Waals surface area contributed by atoms with Crippen molar-refractivity contribution in [2.24, 2.45) is 0 Å². The lowest BCUT2D eigenvalue weighted by Crippen LogP contribution is -2.24. The van der Waals surface area contributed by atoms with Crippen molar-refractivity contribution in [2.75, 3.05) is 7.05 Å². The summed E-state index contributed by atoms with van der Waals surface area (Å²) in [6.45, 7) is 3.56. The number of carbonyl (C=O) groups is 2. The van der Waals surface area contributed by atoms with Gasteiger partial charge in [-0.25, -0.2) is 0 Å². The van der Waals surface area contributed by atoms with Crippen LogP contribution in [0.15, 0.2) is 0 Å². The number of amides is 2. The Hall–Kier alpha value is -1.60. The van der Waals surface area contributed by atoms with Gasteiger partial charge in [0.05, 0.1) is 16.0 Å². The minimum atomic E-state index is -0.239. The highest BCUT2D eigenvalue weighted by Gasteiger charge is 2.38. The highest BCUT2D eigenvalue weighted by Crippen LogP contribution is 2.33. The number of imide groups is 1. The first-order valence-corrected chi connectivity index (χ1v) is 5.28. The van der Waals surface area contributed by atoms with Crippen LogP contribution in [0, 0.1) is 18.8 Å². The number of nitrogens with zero attached hydrogens (tertiary/aromatic N) is 1. The molecule has 76 valence electrons. The van der Waals surface area contributed by atoms with E-state index in [1.807, 2.05) is 6.92 Å². The molecule has 0 saturated carbocycles. The van der Waals surface area contributed by atoms with Crippen LogP contribution in [0.4, 0.5) is 0 Å². The third kappa shape index (κ3) is 1.20. The molecule has 3 nitrogen and oxygen atoms in total. The summed E-state index contributed by atoms with van der Waals surface area (Å²) < 4.78 is 0. The van der Waals surface area contributed by atoms with Gasteiger partial charge in [0, 0.05) is 11.9 Å². The summed E-state index contributed by atoms with van der Waals surface area (Å²) in [5, 5.41) is 0. The molecular weight excluding hydrogens is 210 g/mol. The third-order valence-corrected chi connectivity index (χ3v) is 3.38. The molecule has 0 spiro atoms. The molecule has 0 atom stereocenters. The van der Waals surface area contributed by atoms with E-state index >= 15 is 0 Å². The zero-order valence-electron chi connectivity index (χ0n) is 8.67. The fraction of sp³-hybridized carbons (Fsp3) is 0.273. The summed E-state index contributed by atoms with van der Waals surface area (Å²) in [6.07, 6.45) is 0. The van der Waals surface area contributed by atoms with E-state index in [0.29, 0.717) is 16.0 Å². The molecule has 0 aliphatic carbocycles. The highest BCUT2D eigenvalue weighted by atomic mass is 32.1. The quantitative estimate of drug-likeness (QED) is 0.491. The Balaban J connectivity index is 2.74. The molecular formula is C11H9NO2S. The van der Waals surface area contributed by atoms with Crippen LogP contribution in [-0.4, -0.2) is 23.8 Å². The molecule has 2 rings (SSSR count). The van der Waals surface area contributed by atoms with E-state index in [1.54, 1.807) is 6.92 Å². The molecule has 1 aliphatic heterocycles. The standard InChI is InChI=1S/C11H9NO2S/c1-4-5-7-9-8(6(2)15-7)10(13)12(3)11(9)14/h1-3H3. The van der Waals surface area contributed by atoms with Crippen LogP contribution in [0.1, 0.15) is 37.4 Å². The summed E-state index contributed by atoms with van der Waals surface area (Å²) in [4.78, 5) is 26.2. The number of carbonyl (C=O) groups excluding carboxylic acids is 2. The second kappa shape index (κ2) is 3.21. The van der Waals surface area contributed by atoms with Crippen LogP contribution in [0.25, 0.3) is 0 Å². The average molecular weight is 219 g/mol. The molecule has 0 unspecified atom stereocenters. The van der Waals surface area contributed by atoms with Gasteiger partial charge in [0.15, 0.2) is 0 Å². The molecule has 1 aliphatic rings. The van der Waals surface area contributed by atoms with E-state index in [2.05, 4.69) is 11.8 Å². The maximum Gasteiger partial charge on any atom is 0.263 e. The highest BCUT2D eigenvalue weighted by molar-refractivity contribution is 7.13. The first kappa shape index (κ1) is 9.94. The third-order valence-electron chi connectivity index (χ3n) is 2.36. The Morgan fingerprint density at radius 3 is 2.40 bits per heavy atom. The van der Waals surface area contributed by atoms with Gasteiger partial charge in [-0.2, -0.15) is 0 Å². The number of hydrogen-bond donors (Lipinski definition) is 0. The Kier molecular flexibility index (Phi) is 2.13. The van der Waals surface area contributed by atoms with Gasteiger partial charge in [-0.05, 0) is 13.8 Å². The van der Waals surface area contributed by atoms with E-state index < -0.39 is 0 Å². The fourth-order valence-electron chi connectivity index (χ4n) is 1.64. The number of hydrogen-bond acceptors (Lipinski definition) is 3. The fourth-order valence-corrected chi connectivity index (χ4v) is 2.68. The normalized spacial score (nSPS) is 13.9. The minimum Gasteiger partial charge on any atom is -0.277 e. The molecule has 0 bridgehead atoms. The molecule has 0 N–H and O–H groups in total. The zero-order valence-corrected chi connectivity index (χ0v) is 9.49. The Morgan fingerprint density at radius 1 is 1.20 bits per heavy atom. The Labute approximate surface area is 91.7 Å². The van der Waals surface area contributed by atoms with Crippen molar-refractivity contribution < 1.29 is 9.59 Å². The van der Waals surface area contributed by atoms with Crippen LogP contribution in [-0.2, 0) is 0 Å². The Morgan fingerprint density at radius 2 is 1.80 bits per heavy atom. The van der Waals surface area contributed by atoms with Gasteiger partial charge in [0.25, 0.3) is 11.8 Å². The summed E-state index contributed by atoms with van der Waals surface area (Å²) >= 11 is 1.41. The van der Waals surface area contributed by atoms with E-state index in [1.165, 1.54) is 18.4 Å². The predicted molar refractivity (Wildman–Crippen MR) is 58.0 cm³/mol. The smallest absolute Gasteiger partial charge is 0.263 e. The molecule has 1 aromatic heterocycles. The average Bonchev–Trinajstić information content (AvgIpc) is 2.62. The molecule has 2 amide bonds. The van der Waals surface area contributed by atoms with E-state index in [0.717, 1.165) is 9.78 Å². The van der Waals surface area contributed by atoms with Gasteiger partial charge >= 0.3 is 0 Å². The topological polar surface area (TPSA) is 37.4 Å². The second-order valence-corrected chi connectivity index (χ2v) is 4.51. The van der Waals surface area contributed by atoms with E-state index in [-0.39, 0.29) is 11.8 Å². The van der Waals surface area contributed by atoms with Crippen LogP contribution < -0.4 is 0 Å². The van der Waals surface area contributed by atoms with Crippen LogP contribution in [0.5, 0.6) is 0 Å². The van der Waals surface area contributed by atoms with Gasteiger partial charge in [0.1, 0.15) is 0 Å². The maximum atomic E-state index is 11.8. The van der Waals surface area contributed by atoms with Crippen molar-refractivity contribution in [2.45, 2.75) is 13.8 Å². The number of aryl methyl sites for hydroxylation is 1. The van der Waals surface area contributed by atoms with Gasteiger partial charge in [0.2, 0.25) is 0 Å². The van der Waals surface area contributed by atoms with E-state index in [4.69, 9.17) is 0 Å². The maximum absolute atomic E-state index is 11.8. The van der Waals surface area contributed by atoms with Gasteiger partial charge in [-0.1, -0.05) is 5.92 Å². The minimum absolute atomic E-state index is 0.215. The van der Waals surface area contributed by atoms with Crippen molar-refractivity contribution in [3.63, 3.8) is 0 Å². The van der Waals surface area contributed by atoms with Crippen LogP contribution >= 0.6 is 11.3 Å². The molecule has 2 heterocycles. The number of thiophene rings is 1. The predicted octanol–water partition coefficient (Wildman–Crippen LogP) is 1.65. The molecule has 15 heavy (non-hydrogen) atoms. The monoisotopic (exact) mass is 219 g/mol. The molecule has 0 saturated heterocycles. The largest absolute Gasteiger partial charge is 0.277 e. The van der Waals surface area contributed by atoms with Gasteiger partial charge < -0.3 is 0 Å². The van der Waals surface area contributed by atoms with E-state index in [9.17, 15) is 9.59 Å². The van der Waals surface area contributed by atoms with Crippen LogP contribution in [0.2, 0.25) is 0 Å². The summed E-state index contributed by atoms with van der Waals surface area (Å²) in [5.41, 5.74) is 1.02. The summed E-state index contributed by atoms with van der Waals surface area (Å²) in [7, 11) is 1.50. The summed E-state index contributed by atoms with van der Waals surface area (Å²) in [5.74, 6) is 5.17. The zero-order chi connectivity index (χ0) is 11.2. The second-order valence-electron chi connectivity index (χ2n) is 3.28. The summed E-state index contributed by atoms with van der Waals surface area (Å²) in [6, 6.07) is 0. The number of fused-ring (bicyclic) bond motifs is 1. The molecule has 0 fully saturated rings. The van der Waals surface area contributed by atoms with Crippen molar-refractivity contribution in [3.8, 4) is 11.8 Å². The van der Waals surface area contributed by atoms with Gasteiger partial charge in [-0.15, -0.1) is 17.3 Å². The molecule has 4 heteroatoms. The lowest BCUT2D eigenvalue weighted by Gasteiger charge is -2.04. The molecule has 0 radical (unpaired) electrons.